The second-order valence-electron chi connectivity index (χ2n) is 5.11. The molecule has 5 nitrogen and oxygen atoms in total. The third-order valence-corrected chi connectivity index (χ3v) is 3.66. The Morgan fingerprint density at radius 2 is 2.00 bits per heavy atom. The summed E-state index contributed by atoms with van der Waals surface area (Å²) in [5.41, 5.74) is 6.77. The molecule has 5 heteroatoms. The number of ether oxygens (including phenoxy) is 1. The van der Waals surface area contributed by atoms with Gasteiger partial charge in [0.05, 0.1) is 0 Å². The molecule has 2 heterocycles. The SMILES string of the molecule is NCCc1ccc(OCc2nnc3n2CCCC3)cc1. The van der Waals surface area contributed by atoms with Crippen molar-refractivity contribution in [2.24, 2.45) is 5.73 Å². The fourth-order valence-electron chi connectivity index (χ4n) is 2.54. The lowest BCUT2D eigenvalue weighted by molar-refractivity contribution is 0.286. The highest BCUT2D eigenvalue weighted by Crippen LogP contribution is 2.17. The van der Waals surface area contributed by atoms with Gasteiger partial charge >= 0.3 is 0 Å². The second-order valence-corrected chi connectivity index (χ2v) is 5.11. The summed E-state index contributed by atoms with van der Waals surface area (Å²) < 4.78 is 7.98. The Morgan fingerprint density at radius 3 is 2.80 bits per heavy atom. The van der Waals surface area contributed by atoms with Crippen molar-refractivity contribution in [2.75, 3.05) is 6.54 Å². The summed E-state index contributed by atoms with van der Waals surface area (Å²) in [6.07, 6.45) is 4.34. The van der Waals surface area contributed by atoms with Crippen molar-refractivity contribution in [2.45, 2.75) is 38.8 Å². The van der Waals surface area contributed by atoms with Crippen molar-refractivity contribution in [1.29, 1.82) is 0 Å². The van der Waals surface area contributed by atoms with Crippen LogP contribution in [-0.4, -0.2) is 21.3 Å². The maximum absolute atomic E-state index is 5.80. The van der Waals surface area contributed by atoms with E-state index in [4.69, 9.17) is 10.5 Å². The molecule has 0 atom stereocenters. The summed E-state index contributed by atoms with van der Waals surface area (Å²) >= 11 is 0. The Labute approximate surface area is 118 Å². The molecule has 0 saturated carbocycles. The molecule has 3 rings (SSSR count). The fourth-order valence-corrected chi connectivity index (χ4v) is 2.54. The zero-order valence-corrected chi connectivity index (χ0v) is 11.6. The summed E-state index contributed by atoms with van der Waals surface area (Å²) in [4.78, 5) is 0. The molecule has 1 aliphatic heterocycles. The largest absolute Gasteiger partial charge is 0.486 e. The number of aromatic nitrogens is 3. The first-order chi connectivity index (χ1) is 9.86. The van der Waals surface area contributed by atoms with Gasteiger partial charge in [-0.1, -0.05) is 12.1 Å². The lowest BCUT2D eigenvalue weighted by Gasteiger charge is -2.15. The van der Waals surface area contributed by atoms with E-state index in [-0.39, 0.29) is 0 Å². The van der Waals surface area contributed by atoms with Gasteiger partial charge in [-0.15, -0.1) is 10.2 Å². The van der Waals surface area contributed by atoms with E-state index in [0.717, 1.165) is 36.8 Å². The van der Waals surface area contributed by atoms with E-state index in [1.165, 1.54) is 18.4 Å². The molecule has 0 unspecified atom stereocenters. The van der Waals surface area contributed by atoms with Crippen LogP contribution in [0.2, 0.25) is 0 Å². The first kappa shape index (κ1) is 13.1. The number of benzene rings is 1. The van der Waals surface area contributed by atoms with Gasteiger partial charge in [-0.25, -0.2) is 0 Å². The Bertz CT molecular complexity index is 562. The molecule has 2 N–H and O–H groups in total. The van der Waals surface area contributed by atoms with E-state index in [1.807, 2.05) is 12.1 Å². The number of fused-ring (bicyclic) bond motifs is 1. The van der Waals surface area contributed by atoms with Crippen LogP contribution in [0.3, 0.4) is 0 Å². The van der Waals surface area contributed by atoms with Crippen LogP contribution >= 0.6 is 0 Å². The summed E-state index contributed by atoms with van der Waals surface area (Å²) in [6, 6.07) is 8.08. The van der Waals surface area contributed by atoms with E-state index in [2.05, 4.69) is 26.9 Å². The summed E-state index contributed by atoms with van der Waals surface area (Å²) in [5.74, 6) is 2.87. The first-order valence-corrected chi connectivity index (χ1v) is 7.19. The maximum Gasteiger partial charge on any atom is 0.171 e. The van der Waals surface area contributed by atoms with Crippen LogP contribution in [0.1, 0.15) is 30.1 Å². The molecule has 106 valence electrons. The van der Waals surface area contributed by atoms with Crippen LogP contribution < -0.4 is 10.5 Å². The standard InChI is InChI=1S/C15H20N4O/c16-9-8-12-4-6-13(7-5-12)20-11-15-18-17-14-3-1-2-10-19(14)15/h4-7H,1-3,8-11,16H2. The minimum absolute atomic E-state index is 0.475. The molecule has 2 aromatic rings. The van der Waals surface area contributed by atoms with Crippen molar-refractivity contribution in [3.05, 3.63) is 41.5 Å². The zero-order valence-electron chi connectivity index (χ0n) is 11.6. The summed E-state index contributed by atoms with van der Waals surface area (Å²) in [7, 11) is 0. The Hall–Kier alpha value is -1.88. The molecule has 1 aliphatic rings. The van der Waals surface area contributed by atoms with Gasteiger partial charge in [-0.05, 0) is 43.5 Å². The van der Waals surface area contributed by atoms with Crippen molar-refractivity contribution >= 4 is 0 Å². The van der Waals surface area contributed by atoms with Crippen molar-refractivity contribution in [3.63, 3.8) is 0 Å². The Balaban J connectivity index is 1.63. The van der Waals surface area contributed by atoms with Crippen LogP contribution in [0, 0.1) is 0 Å². The van der Waals surface area contributed by atoms with Gasteiger partial charge in [0.25, 0.3) is 0 Å². The highest BCUT2D eigenvalue weighted by Gasteiger charge is 2.15. The molecule has 0 amide bonds. The molecule has 0 spiro atoms. The van der Waals surface area contributed by atoms with Gasteiger partial charge in [0, 0.05) is 13.0 Å². The van der Waals surface area contributed by atoms with Crippen LogP contribution in [0.25, 0.3) is 0 Å². The number of nitrogens with two attached hydrogens (primary N) is 1. The third-order valence-electron chi connectivity index (χ3n) is 3.66. The maximum atomic E-state index is 5.80. The zero-order chi connectivity index (χ0) is 13.8. The highest BCUT2D eigenvalue weighted by molar-refractivity contribution is 5.27. The van der Waals surface area contributed by atoms with Crippen LogP contribution in [0.15, 0.2) is 24.3 Å². The quantitative estimate of drug-likeness (QED) is 0.899. The molecule has 20 heavy (non-hydrogen) atoms. The minimum Gasteiger partial charge on any atom is -0.486 e. The predicted molar refractivity (Wildman–Crippen MR) is 76.5 cm³/mol. The number of nitrogens with zero attached hydrogens (tertiary/aromatic N) is 3. The number of aryl methyl sites for hydroxylation is 1. The van der Waals surface area contributed by atoms with E-state index >= 15 is 0 Å². The van der Waals surface area contributed by atoms with Gasteiger partial charge in [0.1, 0.15) is 18.2 Å². The van der Waals surface area contributed by atoms with Crippen molar-refractivity contribution < 1.29 is 4.74 Å². The normalized spacial score (nSPS) is 14.1. The molecular weight excluding hydrogens is 252 g/mol. The summed E-state index contributed by atoms with van der Waals surface area (Å²) in [5, 5.41) is 8.46. The van der Waals surface area contributed by atoms with Gasteiger partial charge < -0.3 is 15.0 Å². The van der Waals surface area contributed by atoms with Gasteiger partial charge in [-0.2, -0.15) is 0 Å². The first-order valence-electron chi connectivity index (χ1n) is 7.19. The van der Waals surface area contributed by atoms with Gasteiger partial charge in [0.2, 0.25) is 0 Å². The molecular formula is C15H20N4O. The predicted octanol–water partition coefficient (Wildman–Crippen LogP) is 1.69. The van der Waals surface area contributed by atoms with Crippen LogP contribution in [-0.2, 0) is 26.0 Å². The third kappa shape index (κ3) is 2.82. The topological polar surface area (TPSA) is 66.0 Å². The lowest BCUT2D eigenvalue weighted by atomic mass is 10.1. The lowest BCUT2D eigenvalue weighted by Crippen LogP contribution is -2.14. The molecule has 0 radical (unpaired) electrons. The average molecular weight is 272 g/mol. The molecule has 1 aromatic heterocycles. The highest BCUT2D eigenvalue weighted by atomic mass is 16.5. The fraction of sp³-hybridized carbons (Fsp3) is 0.467. The molecule has 0 saturated heterocycles. The molecule has 0 bridgehead atoms. The van der Waals surface area contributed by atoms with Gasteiger partial charge in [0.15, 0.2) is 5.82 Å². The van der Waals surface area contributed by atoms with Gasteiger partial charge in [-0.3, -0.25) is 0 Å². The molecule has 0 aliphatic carbocycles. The average Bonchev–Trinajstić information content (AvgIpc) is 2.90. The van der Waals surface area contributed by atoms with Crippen molar-refractivity contribution in [1.82, 2.24) is 14.8 Å². The van der Waals surface area contributed by atoms with E-state index in [9.17, 15) is 0 Å². The summed E-state index contributed by atoms with van der Waals surface area (Å²) in [6.45, 7) is 2.16. The number of hydrogen-bond acceptors (Lipinski definition) is 4. The van der Waals surface area contributed by atoms with Crippen LogP contribution in [0.4, 0.5) is 0 Å². The second kappa shape index (κ2) is 6.05. The Kier molecular flexibility index (Phi) is 3.97. The smallest absolute Gasteiger partial charge is 0.171 e. The number of rotatable bonds is 5. The van der Waals surface area contributed by atoms with E-state index in [1.54, 1.807) is 0 Å². The van der Waals surface area contributed by atoms with E-state index < -0.39 is 0 Å². The molecule has 1 aromatic carbocycles. The van der Waals surface area contributed by atoms with Crippen molar-refractivity contribution in [3.8, 4) is 5.75 Å². The molecule has 0 fully saturated rings. The Morgan fingerprint density at radius 1 is 1.15 bits per heavy atom. The monoisotopic (exact) mass is 272 g/mol. The minimum atomic E-state index is 0.475. The van der Waals surface area contributed by atoms with E-state index in [0.29, 0.717) is 13.2 Å². The number of hydrogen-bond donors (Lipinski definition) is 1. The van der Waals surface area contributed by atoms with Crippen LogP contribution in [0.5, 0.6) is 5.75 Å².